The van der Waals surface area contributed by atoms with Crippen molar-refractivity contribution in [1.29, 1.82) is 0 Å². The lowest BCUT2D eigenvalue weighted by atomic mass is 9.57. The fraction of sp³-hybridized carbons (Fsp3) is 0.520. The molecule has 3 heterocycles. The largest absolute Gasteiger partial charge is 0.351 e. The molecule has 0 radical (unpaired) electrons. The number of nitrogens with one attached hydrogen (secondary N) is 3. The molecule has 3 aromatic heterocycles. The van der Waals surface area contributed by atoms with Gasteiger partial charge in [-0.05, 0) is 76.5 Å². The molecule has 2 bridgehead atoms. The first kappa shape index (κ1) is 22.6. The zero-order valence-electron chi connectivity index (χ0n) is 20.1. The van der Waals surface area contributed by atoms with Crippen LogP contribution in [0.3, 0.4) is 0 Å². The van der Waals surface area contributed by atoms with Gasteiger partial charge in [-0.2, -0.15) is 0 Å². The lowest BCUT2D eigenvalue weighted by Crippen LogP contribution is -2.57. The van der Waals surface area contributed by atoms with Gasteiger partial charge in [0.1, 0.15) is 11.5 Å². The Bertz CT molecular complexity index is 1360. The Hall–Kier alpha value is -2.85. The number of H-pyrrole nitrogens is 1. The van der Waals surface area contributed by atoms with Crippen LogP contribution in [0.25, 0.3) is 22.8 Å². The molecule has 0 unspecified atom stereocenters. The van der Waals surface area contributed by atoms with Gasteiger partial charge in [0.05, 0.1) is 23.3 Å². The molecule has 0 saturated heterocycles. The third kappa shape index (κ3) is 4.45. The normalized spacial score (nSPS) is 26.1. The Morgan fingerprint density at radius 3 is 2.37 bits per heavy atom. The van der Waals surface area contributed by atoms with Gasteiger partial charge in [-0.3, -0.25) is 4.98 Å². The molecule has 35 heavy (non-hydrogen) atoms. The summed E-state index contributed by atoms with van der Waals surface area (Å²) in [5.41, 5.74) is 3.77. The minimum absolute atomic E-state index is 0.0973. The molecule has 4 aliphatic carbocycles. The Morgan fingerprint density at radius 1 is 0.971 bits per heavy atom. The van der Waals surface area contributed by atoms with Crippen LogP contribution in [0.15, 0.2) is 30.5 Å². The van der Waals surface area contributed by atoms with E-state index in [-0.39, 0.29) is 11.0 Å². The number of anilines is 1. The predicted octanol–water partition coefficient (Wildman–Crippen LogP) is 3.71. The second-order valence-electron chi connectivity index (χ2n) is 10.6. The molecular formula is C25H31N7O2S. The van der Waals surface area contributed by atoms with E-state index in [4.69, 9.17) is 15.0 Å². The number of nitrogens with zero attached hydrogens (tertiary/aromatic N) is 4. The number of sulfonamides is 1. The van der Waals surface area contributed by atoms with Crippen LogP contribution >= 0.6 is 0 Å². The second-order valence-corrected chi connectivity index (χ2v) is 12.3. The first-order valence-electron chi connectivity index (χ1n) is 12.4. The van der Waals surface area contributed by atoms with Crippen molar-refractivity contribution >= 4 is 16.0 Å². The molecule has 4 saturated carbocycles. The van der Waals surface area contributed by atoms with Gasteiger partial charge in [-0.25, -0.2) is 28.1 Å². The minimum atomic E-state index is -3.24. The second kappa shape index (κ2) is 8.09. The molecule has 10 heteroatoms. The van der Waals surface area contributed by atoms with Gasteiger partial charge < -0.3 is 10.3 Å². The van der Waals surface area contributed by atoms with Crippen molar-refractivity contribution in [3.63, 3.8) is 0 Å². The molecule has 184 valence electrons. The SMILES string of the molecule is Cc1cccc(-c2nc(C34CCC(NS(C)(=O)=O)(CC3)CC4)[nH]c2-c2ccnc(NC3CC3)n2)n1. The van der Waals surface area contributed by atoms with Crippen LogP contribution in [0.4, 0.5) is 5.95 Å². The van der Waals surface area contributed by atoms with Gasteiger partial charge in [0.25, 0.3) is 0 Å². The van der Waals surface area contributed by atoms with Crippen molar-refractivity contribution in [3.8, 4) is 22.8 Å². The maximum atomic E-state index is 12.0. The number of aromatic amines is 1. The van der Waals surface area contributed by atoms with E-state index >= 15 is 0 Å². The lowest BCUT2D eigenvalue weighted by Gasteiger charge is -2.52. The van der Waals surface area contributed by atoms with E-state index < -0.39 is 10.0 Å². The van der Waals surface area contributed by atoms with E-state index in [1.54, 1.807) is 6.20 Å². The Morgan fingerprint density at radius 2 is 1.71 bits per heavy atom. The highest BCUT2D eigenvalue weighted by atomic mass is 32.2. The molecule has 0 spiro atoms. The quantitative estimate of drug-likeness (QED) is 0.458. The molecule has 0 aromatic carbocycles. The summed E-state index contributed by atoms with van der Waals surface area (Å²) in [6.07, 6.45) is 10.5. The zero-order chi connectivity index (χ0) is 24.3. The highest BCUT2D eigenvalue weighted by Gasteiger charge is 2.52. The van der Waals surface area contributed by atoms with Crippen LogP contribution < -0.4 is 10.0 Å². The number of fused-ring (bicyclic) bond motifs is 3. The van der Waals surface area contributed by atoms with Gasteiger partial charge in [-0.15, -0.1) is 0 Å². The molecule has 0 atom stereocenters. The standard InChI is InChI=1S/C25H31N7O2S/c1-16-4-3-5-18(27-16)20-21(19-8-15-26-23(29-19)28-17-6-7-17)31-22(30-20)24-9-12-25(13-10-24,14-11-24)32-35(2,33)34/h3-5,8,15,17,32H,6-7,9-14H2,1-2H3,(H,30,31)(H,26,28,29). The molecule has 3 N–H and O–H groups in total. The number of pyridine rings is 1. The van der Waals surface area contributed by atoms with Gasteiger partial charge in [0.2, 0.25) is 16.0 Å². The summed E-state index contributed by atoms with van der Waals surface area (Å²) < 4.78 is 26.9. The summed E-state index contributed by atoms with van der Waals surface area (Å²) >= 11 is 0. The summed E-state index contributed by atoms with van der Waals surface area (Å²) in [4.78, 5) is 22.8. The van der Waals surface area contributed by atoms with Crippen LogP contribution in [0.5, 0.6) is 0 Å². The first-order chi connectivity index (χ1) is 16.7. The number of hydrogen-bond acceptors (Lipinski definition) is 7. The Kier molecular flexibility index (Phi) is 5.23. The predicted molar refractivity (Wildman–Crippen MR) is 134 cm³/mol. The first-order valence-corrected chi connectivity index (χ1v) is 14.3. The van der Waals surface area contributed by atoms with Crippen LogP contribution in [0, 0.1) is 6.92 Å². The summed E-state index contributed by atoms with van der Waals surface area (Å²) in [7, 11) is -3.24. The molecule has 0 amide bonds. The third-order valence-electron chi connectivity index (χ3n) is 7.81. The Balaban J connectivity index is 1.38. The number of rotatable bonds is 7. The fourth-order valence-electron chi connectivity index (χ4n) is 5.74. The number of imidazole rings is 1. The minimum Gasteiger partial charge on any atom is -0.351 e. The van der Waals surface area contributed by atoms with Crippen molar-refractivity contribution in [2.24, 2.45) is 0 Å². The molecule has 0 aliphatic heterocycles. The number of aromatic nitrogens is 5. The lowest BCUT2D eigenvalue weighted by molar-refractivity contribution is 0.0895. The van der Waals surface area contributed by atoms with Gasteiger partial charge >= 0.3 is 0 Å². The summed E-state index contributed by atoms with van der Waals surface area (Å²) in [5, 5.41) is 3.38. The van der Waals surface area contributed by atoms with Crippen LogP contribution in [0.2, 0.25) is 0 Å². The third-order valence-corrected chi connectivity index (χ3v) is 8.61. The average molecular weight is 494 g/mol. The van der Waals surface area contributed by atoms with Crippen molar-refractivity contribution in [2.45, 2.75) is 75.3 Å². The van der Waals surface area contributed by atoms with Crippen molar-refractivity contribution in [3.05, 3.63) is 42.0 Å². The van der Waals surface area contributed by atoms with Gasteiger partial charge in [-0.1, -0.05) is 6.07 Å². The van der Waals surface area contributed by atoms with E-state index in [2.05, 4.69) is 20.0 Å². The molecule has 4 aliphatic rings. The number of aryl methyl sites for hydroxylation is 1. The average Bonchev–Trinajstić information content (AvgIpc) is 3.52. The van der Waals surface area contributed by atoms with Crippen molar-refractivity contribution in [2.75, 3.05) is 11.6 Å². The summed E-state index contributed by atoms with van der Waals surface area (Å²) in [6.45, 7) is 1.98. The maximum Gasteiger partial charge on any atom is 0.223 e. The van der Waals surface area contributed by atoms with Crippen molar-refractivity contribution in [1.82, 2.24) is 29.6 Å². The van der Waals surface area contributed by atoms with Gasteiger partial charge in [0.15, 0.2) is 0 Å². The van der Waals surface area contributed by atoms with Crippen LogP contribution in [-0.2, 0) is 15.4 Å². The van der Waals surface area contributed by atoms with Crippen LogP contribution in [0.1, 0.15) is 62.9 Å². The smallest absolute Gasteiger partial charge is 0.223 e. The summed E-state index contributed by atoms with van der Waals surface area (Å²) in [6, 6.07) is 8.34. The topological polar surface area (TPSA) is 126 Å². The summed E-state index contributed by atoms with van der Waals surface area (Å²) in [5.74, 6) is 1.59. The molecule has 7 rings (SSSR count). The molecule has 9 nitrogen and oxygen atoms in total. The molecular weight excluding hydrogens is 462 g/mol. The van der Waals surface area contributed by atoms with E-state index in [0.29, 0.717) is 12.0 Å². The maximum absolute atomic E-state index is 12.0. The molecule has 4 fully saturated rings. The van der Waals surface area contributed by atoms with E-state index in [1.165, 1.54) is 6.26 Å². The zero-order valence-corrected chi connectivity index (χ0v) is 21.0. The van der Waals surface area contributed by atoms with E-state index in [0.717, 1.165) is 85.7 Å². The molecule has 3 aromatic rings. The highest BCUT2D eigenvalue weighted by molar-refractivity contribution is 7.88. The van der Waals surface area contributed by atoms with E-state index in [9.17, 15) is 8.42 Å². The monoisotopic (exact) mass is 493 g/mol. The number of hydrogen-bond donors (Lipinski definition) is 3. The van der Waals surface area contributed by atoms with Crippen molar-refractivity contribution < 1.29 is 8.42 Å². The highest BCUT2D eigenvalue weighted by Crippen LogP contribution is 2.53. The fourth-order valence-corrected chi connectivity index (χ4v) is 6.83. The van der Waals surface area contributed by atoms with Gasteiger partial charge in [0, 0.05) is 28.9 Å². The van der Waals surface area contributed by atoms with E-state index in [1.807, 2.05) is 31.2 Å². The van der Waals surface area contributed by atoms with Crippen LogP contribution in [-0.4, -0.2) is 51.2 Å². The Labute approximate surface area is 205 Å².